The van der Waals surface area contributed by atoms with E-state index < -0.39 is 0 Å². The summed E-state index contributed by atoms with van der Waals surface area (Å²) >= 11 is 0. The second-order valence-corrected chi connectivity index (χ2v) is 16.1. The minimum Gasteiger partial charge on any atom is -0.456 e. The van der Waals surface area contributed by atoms with Gasteiger partial charge in [-0.25, -0.2) is 0 Å². The molecule has 5 heterocycles. The molecule has 0 amide bonds. The predicted molar refractivity (Wildman–Crippen MR) is 204 cm³/mol. The van der Waals surface area contributed by atoms with Crippen LogP contribution in [0, 0.1) is 0 Å². The lowest BCUT2D eigenvalue weighted by Gasteiger charge is -2.37. The van der Waals surface area contributed by atoms with Crippen LogP contribution >= 0.6 is 0 Å². The summed E-state index contributed by atoms with van der Waals surface area (Å²) in [5.74, 6) is 0. The molecule has 6 aromatic carbocycles. The zero-order chi connectivity index (χ0) is 32.4. The predicted octanol–water partition coefficient (Wildman–Crippen LogP) is 10.3. The highest BCUT2D eigenvalue weighted by Gasteiger charge is 2.45. The molecular weight excluding hydrogens is 583 g/mol. The van der Waals surface area contributed by atoms with Crippen LogP contribution in [0.1, 0.15) is 52.7 Å². The quantitative estimate of drug-likeness (QED) is 0.155. The van der Waals surface area contributed by atoms with E-state index in [9.17, 15) is 0 Å². The summed E-state index contributed by atoms with van der Waals surface area (Å²) in [7, 11) is 0. The molecule has 0 bridgehead atoms. The van der Waals surface area contributed by atoms with Crippen LogP contribution in [0.25, 0.3) is 82.4 Å². The van der Waals surface area contributed by atoms with Gasteiger partial charge in [0.05, 0.1) is 22.1 Å². The van der Waals surface area contributed by atoms with Crippen LogP contribution in [0.5, 0.6) is 0 Å². The van der Waals surface area contributed by atoms with Crippen LogP contribution in [0.4, 0.5) is 0 Å². The van der Waals surface area contributed by atoms with Crippen molar-refractivity contribution in [2.45, 2.75) is 52.4 Å². The molecule has 2 aliphatic rings. The Morgan fingerprint density at radius 3 is 2.06 bits per heavy atom. The van der Waals surface area contributed by atoms with Gasteiger partial charge in [0.2, 0.25) is 0 Å². The average Bonchev–Trinajstić information content (AvgIpc) is 3.72. The third kappa shape index (κ3) is 3.08. The molecule has 0 aliphatic carbocycles. The van der Waals surface area contributed by atoms with Crippen molar-refractivity contribution in [3.05, 3.63) is 114 Å². The van der Waals surface area contributed by atoms with Gasteiger partial charge in [-0.15, -0.1) is 0 Å². The van der Waals surface area contributed by atoms with Crippen molar-refractivity contribution in [1.82, 2.24) is 9.05 Å². The summed E-state index contributed by atoms with van der Waals surface area (Å²) < 4.78 is 12.1. The topological polar surface area (TPSA) is 23.0 Å². The molecule has 0 unspecified atom stereocenters. The second kappa shape index (κ2) is 8.43. The van der Waals surface area contributed by atoms with Gasteiger partial charge < -0.3 is 13.5 Å². The standard InChI is InChI=1S/C44H35BN2O/c1-43(2,3)24-18-19-26-29-20-21-32(44(4,5)6)39-41(29)46(34(26)22-24)42-37-30-13-8-10-17-35(30)48-36(37)23-31-28-15-11-14-27-25-12-7-9-16-33(25)47(40(27)28)45(39)38(31)42/h7-23H,1-6H3. The van der Waals surface area contributed by atoms with E-state index in [0.29, 0.717) is 0 Å². The number of aromatic nitrogens is 2. The first-order valence-electron chi connectivity index (χ1n) is 17.2. The Labute approximate surface area is 279 Å². The highest BCUT2D eigenvalue weighted by atomic mass is 16.3. The summed E-state index contributed by atoms with van der Waals surface area (Å²) in [6.45, 7) is 14.1. The van der Waals surface area contributed by atoms with Crippen molar-refractivity contribution in [3.8, 4) is 16.8 Å². The Balaban J connectivity index is 1.48. The molecule has 2 aliphatic heterocycles. The van der Waals surface area contributed by atoms with Crippen LogP contribution in [0.2, 0.25) is 0 Å². The molecule has 0 radical (unpaired) electrons. The van der Waals surface area contributed by atoms with E-state index in [1.807, 2.05) is 0 Å². The highest BCUT2D eigenvalue weighted by molar-refractivity contribution is 6.90. The largest absolute Gasteiger partial charge is 0.456 e. The summed E-state index contributed by atoms with van der Waals surface area (Å²) in [4.78, 5) is 0. The smallest absolute Gasteiger partial charge is 0.333 e. The molecule has 48 heavy (non-hydrogen) atoms. The number of fused-ring (bicyclic) bond motifs is 14. The minimum absolute atomic E-state index is 0.00202. The number of rotatable bonds is 0. The van der Waals surface area contributed by atoms with E-state index in [-0.39, 0.29) is 17.7 Å². The molecule has 3 nitrogen and oxygen atoms in total. The first-order chi connectivity index (χ1) is 23.1. The molecule has 3 aromatic heterocycles. The second-order valence-electron chi connectivity index (χ2n) is 16.1. The molecule has 0 atom stereocenters. The maximum absolute atomic E-state index is 6.77. The van der Waals surface area contributed by atoms with E-state index >= 15 is 0 Å². The van der Waals surface area contributed by atoms with Crippen molar-refractivity contribution >= 4 is 83.3 Å². The fourth-order valence-corrected chi connectivity index (χ4v) is 9.31. The van der Waals surface area contributed by atoms with Crippen LogP contribution in [-0.4, -0.2) is 15.9 Å². The molecule has 230 valence electrons. The summed E-state index contributed by atoms with van der Waals surface area (Å²) in [6, 6.07) is 38.8. The molecule has 11 rings (SSSR count). The van der Waals surface area contributed by atoms with Crippen molar-refractivity contribution in [2.75, 3.05) is 0 Å². The fraction of sp³-hybridized carbons (Fsp3) is 0.182. The minimum atomic E-state index is -0.0650. The van der Waals surface area contributed by atoms with Gasteiger partial charge in [-0.2, -0.15) is 0 Å². The zero-order valence-corrected chi connectivity index (χ0v) is 28.2. The van der Waals surface area contributed by atoms with Gasteiger partial charge in [-0.1, -0.05) is 120 Å². The van der Waals surface area contributed by atoms with Crippen LogP contribution in [-0.2, 0) is 10.8 Å². The van der Waals surface area contributed by atoms with E-state index in [0.717, 1.165) is 11.2 Å². The third-order valence-corrected chi connectivity index (χ3v) is 11.4. The molecule has 0 saturated carbocycles. The van der Waals surface area contributed by atoms with Crippen molar-refractivity contribution in [3.63, 3.8) is 0 Å². The number of hydrogen-bond donors (Lipinski definition) is 0. The lowest BCUT2D eigenvalue weighted by atomic mass is 9.43. The Morgan fingerprint density at radius 2 is 1.25 bits per heavy atom. The van der Waals surface area contributed by atoms with E-state index in [2.05, 4.69) is 154 Å². The normalized spacial score (nSPS) is 14.0. The maximum Gasteiger partial charge on any atom is 0.333 e. The van der Waals surface area contributed by atoms with Crippen LogP contribution in [0.15, 0.2) is 108 Å². The maximum atomic E-state index is 6.77. The Bertz CT molecular complexity index is 2920. The third-order valence-electron chi connectivity index (χ3n) is 11.4. The van der Waals surface area contributed by atoms with E-state index in [1.54, 1.807) is 0 Å². The zero-order valence-electron chi connectivity index (χ0n) is 28.2. The number of nitrogens with zero attached hydrogens (tertiary/aromatic N) is 2. The van der Waals surface area contributed by atoms with Gasteiger partial charge in [0.1, 0.15) is 11.2 Å². The van der Waals surface area contributed by atoms with Crippen molar-refractivity contribution in [1.29, 1.82) is 0 Å². The molecule has 0 fully saturated rings. The molecule has 0 saturated heterocycles. The fourth-order valence-electron chi connectivity index (χ4n) is 9.31. The molecular formula is C44H35BN2O. The van der Waals surface area contributed by atoms with Gasteiger partial charge in [0.25, 0.3) is 0 Å². The Kier molecular flexibility index (Phi) is 4.71. The van der Waals surface area contributed by atoms with Crippen molar-refractivity contribution < 1.29 is 4.42 Å². The molecule has 9 aromatic rings. The van der Waals surface area contributed by atoms with Crippen LogP contribution < -0.4 is 10.9 Å². The van der Waals surface area contributed by atoms with Gasteiger partial charge in [0.15, 0.2) is 0 Å². The van der Waals surface area contributed by atoms with Gasteiger partial charge in [-0.05, 0) is 62.7 Å². The lowest BCUT2D eigenvalue weighted by Crippen LogP contribution is -2.57. The number of para-hydroxylation sites is 3. The van der Waals surface area contributed by atoms with E-state index in [4.69, 9.17) is 4.42 Å². The number of hydrogen-bond acceptors (Lipinski definition) is 1. The van der Waals surface area contributed by atoms with Crippen LogP contribution in [0.3, 0.4) is 0 Å². The highest BCUT2D eigenvalue weighted by Crippen LogP contribution is 2.48. The molecule has 0 N–H and O–H groups in total. The monoisotopic (exact) mass is 618 g/mol. The first kappa shape index (κ1) is 26.8. The van der Waals surface area contributed by atoms with Gasteiger partial charge in [-0.3, -0.25) is 0 Å². The summed E-state index contributed by atoms with van der Waals surface area (Å²) in [5, 5.41) is 7.61. The van der Waals surface area contributed by atoms with Gasteiger partial charge in [0, 0.05) is 43.5 Å². The molecule has 4 heteroatoms. The average molecular weight is 619 g/mol. The lowest BCUT2D eigenvalue weighted by molar-refractivity contribution is 0.591. The van der Waals surface area contributed by atoms with Gasteiger partial charge >= 0.3 is 6.85 Å². The first-order valence-corrected chi connectivity index (χ1v) is 17.2. The number of benzene rings is 6. The summed E-state index contributed by atoms with van der Waals surface area (Å²) in [6.07, 6.45) is 0. The SMILES string of the molecule is CC(C)(C)c1ccc2c3ccc(C(C)(C)C)c4c3n(c2c1)-c1c2c(cc3oc5ccccc5c13)-c1cccc3c5ccccc5n(c13)B24. The Hall–Kier alpha value is -5.22. The van der Waals surface area contributed by atoms with Crippen molar-refractivity contribution in [2.24, 2.45) is 0 Å². The summed E-state index contributed by atoms with van der Waals surface area (Å²) in [5.41, 5.74) is 16.4. The number of furan rings is 1. The van der Waals surface area contributed by atoms with E-state index in [1.165, 1.54) is 93.3 Å². The molecule has 0 spiro atoms. The Morgan fingerprint density at radius 1 is 0.542 bits per heavy atom.